The predicted octanol–water partition coefficient (Wildman–Crippen LogP) is 2.99. The van der Waals surface area contributed by atoms with Crippen LogP contribution in [0.15, 0.2) is 48.8 Å². The monoisotopic (exact) mass is 251 g/mol. The summed E-state index contributed by atoms with van der Waals surface area (Å²) in [5.41, 5.74) is 0.196. The topological polar surface area (TPSA) is 59.4 Å². The molecular weight excluding hydrogens is 242 g/mol. The molecule has 1 aromatic heterocycles. The van der Waals surface area contributed by atoms with Gasteiger partial charge in [-0.3, -0.25) is 4.98 Å². The molecule has 4 nitrogen and oxygen atoms in total. The van der Waals surface area contributed by atoms with Crippen LogP contribution in [0.2, 0.25) is 0 Å². The van der Waals surface area contributed by atoms with Crippen molar-refractivity contribution in [3.8, 4) is 11.5 Å². The van der Waals surface area contributed by atoms with Crippen molar-refractivity contribution in [2.45, 2.75) is 0 Å². The van der Waals surface area contributed by atoms with E-state index in [2.05, 4.69) is 4.98 Å². The first-order valence-corrected chi connectivity index (χ1v) is 4.67. The molecule has 17 heavy (non-hydrogen) atoms. The molecule has 0 saturated heterocycles. The van der Waals surface area contributed by atoms with Gasteiger partial charge in [0.05, 0.1) is 11.8 Å². The lowest BCUT2D eigenvalue weighted by Crippen LogP contribution is -1.96. The lowest BCUT2D eigenvalue weighted by atomic mass is 10.2. The fraction of sp³-hybridized carbons (Fsp3) is 0. The van der Waals surface area contributed by atoms with Crippen LogP contribution in [0.5, 0.6) is 11.5 Å². The third-order valence-corrected chi connectivity index (χ3v) is 1.95. The van der Waals surface area contributed by atoms with E-state index in [1.807, 2.05) is 0 Å². The molecule has 1 heterocycles. The lowest BCUT2D eigenvalue weighted by molar-refractivity contribution is 0.0696. The molecule has 0 radical (unpaired) electrons. The average Bonchev–Trinajstić information content (AvgIpc) is 2.30. The molecule has 5 heteroatoms. The number of nitrogens with zero attached hydrogens (tertiary/aromatic N) is 1. The van der Waals surface area contributed by atoms with Crippen LogP contribution < -0.4 is 4.74 Å². The van der Waals surface area contributed by atoms with Gasteiger partial charge in [0.1, 0.15) is 11.5 Å². The third-order valence-electron chi connectivity index (χ3n) is 1.95. The molecule has 2 rings (SSSR count). The number of aromatic carboxylic acids is 1. The van der Waals surface area contributed by atoms with E-state index in [4.69, 9.17) is 9.84 Å². The zero-order valence-corrected chi connectivity index (χ0v) is 9.55. The zero-order chi connectivity index (χ0) is 11.4. The van der Waals surface area contributed by atoms with E-state index in [1.165, 1.54) is 12.1 Å². The Hall–Kier alpha value is -2.07. The lowest BCUT2D eigenvalue weighted by Gasteiger charge is -2.05. The van der Waals surface area contributed by atoms with E-state index < -0.39 is 5.97 Å². The van der Waals surface area contributed by atoms with E-state index in [-0.39, 0.29) is 18.0 Å². The molecule has 0 amide bonds. The molecule has 0 saturated carbocycles. The molecule has 0 aliphatic rings. The fourth-order valence-electron chi connectivity index (χ4n) is 1.24. The van der Waals surface area contributed by atoms with Gasteiger partial charge in [-0.25, -0.2) is 4.79 Å². The van der Waals surface area contributed by atoms with Crippen molar-refractivity contribution >= 4 is 18.4 Å². The first-order valence-electron chi connectivity index (χ1n) is 4.67. The largest absolute Gasteiger partial charge is 0.478 e. The van der Waals surface area contributed by atoms with Crippen molar-refractivity contribution in [1.82, 2.24) is 4.98 Å². The number of halogens is 1. The number of carboxylic acid groups (broad SMARTS) is 1. The van der Waals surface area contributed by atoms with E-state index in [0.717, 1.165) is 0 Å². The van der Waals surface area contributed by atoms with Gasteiger partial charge >= 0.3 is 5.97 Å². The summed E-state index contributed by atoms with van der Waals surface area (Å²) in [5.74, 6) is 0.0783. The second-order valence-electron chi connectivity index (χ2n) is 3.12. The highest BCUT2D eigenvalue weighted by Gasteiger charge is 2.04. The van der Waals surface area contributed by atoms with E-state index >= 15 is 0 Å². The smallest absolute Gasteiger partial charge is 0.335 e. The molecule has 0 aliphatic carbocycles. The molecule has 88 valence electrons. The normalized spacial score (nSPS) is 9.18. The minimum atomic E-state index is -0.975. The molecular formula is C12H10ClNO3. The van der Waals surface area contributed by atoms with Crippen molar-refractivity contribution < 1.29 is 14.6 Å². The molecule has 0 atom stereocenters. The Morgan fingerprint density at radius 3 is 2.59 bits per heavy atom. The summed E-state index contributed by atoms with van der Waals surface area (Å²) >= 11 is 0. The molecule has 2 aromatic rings. The van der Waals surface area contributed by atoms with Gasteiger partial charge in [-0.05, 0) is 30.3 Å². The van der Waals surface area contributed by atoms with Crippen LogP contribution in [0, 0.1) is 0 Å². The Labute approximate surface area is 104 Å². The number of aromatic nitrogens is 1. The number of pyridine rings is 1. The van der Waals surface area contributed by atoms with Gasteiger partial charge in [-0.2, -0.15) is 0 Å². The summed E-state index contributed by atoms with van der Waals surface area (Å²) in [6.07, 6.45) is 3.20. The Morgan fingerprint density at radius 1 is 1.18 bits per heavy atom. The van der Waals surface area contributed by atoms with Crippen molar-refractivity contribution in [2.75, 3.05) is 0 Å². The summed E-state index contributed by atoms with van der Waals surface area (Å²) in [7, 11) is 0. The number of benzene rings is 1. The van der Waals surface area contributed by atoms with Crippen LogP contribution >= 0.6 is 12.4 Å². The maximum atomic E-state index is 10.7. The van der Waals surface area contributed by atoms with Crippen LogP contribution in [0.3, 0.4) is 0 Å². The molecule has 0 unspecified atom stereocenters. The quantitative estimate of drug-likeness (QED) is 0.911. The molecule has 0 aliphatic heterocycles. The standard InChI is InChI=1S/C12H9NO3.ClH/c14-12(15)9-3-1-4-10(7-9)16-11-5-2-6-13-8-11;/h1-8H,(H,14,15);1H. The molecule has 0 fully saturated rings. The average molecular weight is 252 g/mol. The number of carboxylic acids is 1. The first-order chi connectivity index (χ1) is 7.75. The van der Waals surface area contributed by atoms with Crippen molar-refractivity contribution in [3.05, 3.63) is 54.4 Å². The van der Waals surface area contributed by atoms with Gasteiger partial charge in [0.2, 0.25) is 0 Å². The summed E-state index contributed by atoms with van der Waals surface area (Å²) in [5, 5.41) is 8.81. The molecule has 0 bridgehead atoms. The Bertz CT molecular complexity index is 502. The van der Waals surface area contributed by atoms with Gasteiger partial charge < -0.3 is 9.84 Å². The predicted molar refractivity (Wildman–Crippen MR) is 65.0 cm³/mol. The first kappa shape index (κ1) is 13.0. The third kappa shape index (κ3) is 3.46. The summed E-state index contributed by atoms with van der Waals surface area (Å²) in [4.78, 5) is 14.6. The van der Waals surface area contributed by atoms with Crippen LogP contribution in [0.1, 0.15) is 10.4 Å². The van der Waals surface area contributed by atoms with Gasteiger partial charge in [0, 0.05) is 6.20 Å². The Morgan fingerprint density at radius 2 is 1.94 bits per heavy atom. The molecule has 0 spiro atoms. The van der Waals surface area contributed by atoms with Gasteiger partial charge in [-0.15, -0.1) is 12.4 Å². The number of hydrogen-bond acceptors (Lipinski definition) is 3. The fourth-order valence-corrected chi connectivity index (χ4v) is 1.24. The highest BCUT2D eigenvalue weighted by molar-refractivity contribution is 5.88. The van der Waals surface area contributed by atoms with Gasteiger partial charge in [0.15, 0.2) is 0 Å². The number of carbonyl (C=O) groups is 1. The van der Waals surface area contributed by atoms with Crippen LogP contribution in [-0.4, -0.2) is 16.1 Å². The summed E-state index contributed by atoms with van der Waals surface area (Å²) in [6, 6.07) is 9.80. The number of rotatable bonds is 3. The van der Waals surface area contributed by atoms with Crippen LogP contribution in [-0.2, 0) is 0 Å². The molecule has 1 N–H and O–H groups in total. The van der Waals surface area contributed by atoms with E-state index in [0.29, 0.717) is 11.5 Å². The Balaban J connectivity index is 0.00000144. The van der Waals surface area contributed by atoms with Crippen molar-refractivity contribution in [1.29, 1.82) is 0 Å². The summed E-state index contributed by atoms with van der Waals surface area (Å²) in [6.45, 7) is 0. The van der Waals surface area contributed by atoms with E-state index in [9.17, 15) is 4.79 Å². The van der Waals surface area contributed by atoms with Crippen molar-refractivity contribution in [3.63, 3.8) is 0 Å². The highest BCUT2D eigenvalue weighted by atomic mass is 35.5. The minimum Gasteiger partial charge on any atom is -0.478 e. The van der Waals surface area contributed by atoms with Crippen LogP contribution in [0.4, 0.5) is 0 Å². The molecule has 1 aromatic carbocycles. The van der Waals surface area contributed by atoms with E-state index in [1.54, 1.807) is 36.7 Å². The number of hydrogen-bond donors (Lipinski definition) is 1. The second-order valence-corrected chi connectivity index (χ2v) is 3.12. The SMILES string of the molecule is Cl.O=C(O)c1cccc(Oc2cccnc2)c1. The zero-order valence-electron chi connectivity index (χ0n) is 8.74. The van der Waals surface area contributed by atoms with Crippen molar-refractivity contribution in [2.24, 2.45) is 0 Å². The minimum absolute atomic E-state index is 0. The van der Waals surface area contributed by atoms with Crippen LogP contribution in [0.25, 0.3) is 0 Å². The summed E-state index contributed by atoms with van der Waals surface area (Å²) < 4.78 is 5.44. The second kappa shape index (κ2) is 5.86. The maximum absolute atomic E-state index is 10.7. The number of ether oxygens (including phenoxy) is 1. The van der Waals surface area contributed by atoms with Gasteiger partial charge in [0.25, 0.3) is 0 Å². The van der Waals surface area contributed by atoms with Gasteiger partial charge in [-0.1, -0.05) is 6.07 Å². The highest BCUT2D eigenvalue weighted by Crippen LogP contribution is 2.20. The maximum Gasteiger partial charge on any atom is 0.335 e. The Kier molecular flexibility index (Phi) is 4.48.